The summed E-state index contributed by atoms with van der Waals surface area (Å²) in [5.74, 6) is -5.41. The van der Waals surface area contributed by atoms with E-state index in [1.807, 2.05) is 32.0 Å². The summed E-state index contributed by atoms with van der Waals surface area (Å²) in [6.45, 7) is 15.6. The van der Waals surface area contributed by atoms with Gasteiger partial charge in [-0.2, -0.15) is 0 Å². The highest BCUT2D eigenvalue weighted by atomic mass is 32.3. The van der Waals surface area contributed by atoms with Gasteiger partial charge in [-0.1, -0.05) is 108 Å². The number of rotatable bonds is 49. The van der Waals surface area contributed by atoms with E-state index < -0.39 is 155 Å². The van der Waals surface area contributed by atoms with E-state index in [1.165, 1.54) is 73.3 Å². The predicted octanol–water partition coefficient (Wildman–Crippen LogP) is 5.66. The molecule has 2 fully saturated rings. The number of benzene rings is 4. The van der Waals surface area contributed by atoms with Gasteiger partial charge in [-0.3, -0.25) is 43.3 Å². The molecule has 656 valence electrons. The standard InChI is InChI=1S/C84H112N8O27S/c1-13-20-63(93)56-27-29-57(30-28-56)78(100)85-35-39-113-41-42-114-49-60-47-91(88-87-60)37-40-112-38-19-24-64(94)58-31-34-66(116-83-75(99)73(97)74(98)77(117-83)82(105)106)67(45-58)119-120(108,109)118-61-32-25-55(26-33-61)48-115-84(107)90(10)71(51(5)6)79(101)86-70(50(3)4)80(102)89(9)72(52(7)14-2)68(110-11)46-69(96)92-36-18-23-62(92)76(111-12)53(8)65(95)44-59(81(103)104)43-54-21-16-15-17-22-54/h15-17,21-22,25-34,45,47,50-53,59,62,68,70-77,83,97-99H,14,18-19,23-24,35-44,46,48-49H2,1-12H3,(H,85,100)(H,86,101)(H,103,104)(H,105,106)/t52?,53-,59?,62-,68+,70-,71-,72-,73-,74-,75+,76+,77-,83?/m0/s1. The number of carbonyl (C=O) groups is 10. The lowest BCUT2D eigenvalue weighted by molar-refractivity contribution is -0.271. The maximum Gasteiger partial charge on any atom is 0.501 e. The van der Waals surface area contributed by atoms with Crippen LogP contribution in [0.1, 0.15) is 148 Å². The molecule has 14 atom stereocenters. The fraction of sp³-hybridized carbons (Fsp3) is 0.548. The lowest BCUT2D eigenvalue weighted by atomic mass is 9.85. The first kappa shape index (κ1) is 96.8. The molecular formula is C84H112N8O27S. The number of aliphatic hydroxyl groups is 3. The molecule has 3 unspecified atom stereocenters. The van der Waals surface area contributed by atoms with Crippen molar-refractivity contribution in [1.82, 2.24) is 40.3 Å². The number of likely N-dealkylation sites (N-methyl/N-ethyl adjacent to an activating group) is 2. The predicted molar refractivity (Wildman–Crippen MR) is 430 cm³/mol. The van der Waals surface area contributed by atoms with Crippen LogP contribution in [0.3, 0.4) is 0 Å². The van der Waals surface area contributed by atoms with Crippen LogP contribution in [0, 0.1) is 41.4 Å². The van der Waals surface area contributed by atoms with E-state index in [-0.39, 0.29) is 119 Å². The molecule has 2 aliphatic rings. The number of carboxylic acid groups (broad SMARTS) is 2. The Balaban J connectivity index is 0.901. The van der Waals surface area contributed by atoms with Crippen LogP contribution in [0.2, 0.25) is 0 Å². The average Bonchev–Trinajstić information content (AvgIpc) is 1.19. The second kappa shape index (κ2) is 47.0. The fourth-order valence-corrected chi connectivity index (χ4v) is 14.9. The number of aliphatic carboxylic acids is 2. The first-order valence-electron chi connectivity index (χ1n) is 39.7. The van der Waals surface area contributed by atoms with Crippen molar-refractivity contribution in [3.63, 3.8) is 0 Å². The maximum atomic E-state index is 14.9. The highest BCUT2D eigenvalue weighted by molar-refractivity contribution is 7.82. The first-order chi connectivity index (χ1) is 57.1. The van der Waals surface area contributed by atoms with Crippen molar-refractivity contribution < 1.29 is 128 Å². The second-order valence-electron chi connectivity index (χ2n) is 30.1. The number of methoxy groups -OCH3 is 2. The molecule has 3 heterocycles. The number of ether oxygens (including phenoxy) is 8. The normalized spacial score (nSPS) is 18.6. The van der Waals surface area contributed by atoms with Crippen molar-refractivity contribution in [3.05, 3.63) is 137 Å². The molecule has 1 aromatic heterocycles. The van der Waals surface area contributed by atoms with Crippen LogP contribution in [-0.2, 0) is 98.5 Å². The van der Waals surface area contributed by atoms with Gasteiger partial charge >= 0.3 is 28.4 Å². The molecule has 0 aliphatic carbocycles. The molecule has 2 saturated heterocycles. The number of ketones is 3. The number of likely N-dealkylation sites (tertiary alicyclic amines) is 1. The van der Waals surface area contributed by atoms with E-state index >= 15 is 0 Å². The molecule has 7 N–H and O–H groups in total. The lowest BCUT2D eigenvalue weighted by Crippen LogP contribution is -2.61. The third-order valence-electron chi connectivity index (χ3n) is 20.9. The number of hydrogen-bond donors (Lipinski definition) is 7. The summed E-state index contributed by atoms with van der Waals surface area (Å²) in [7, 11) is 0.655. The van der Waals surface area contributed by atoms with Crippen molar-refractivity contribution in [2.75, 3.05) is 74.4 Å². The van der Waals surface area contributed by atoms with Gasteiger partial charge in [0.15, 0.2) is 23.4 Å². The van der Waals surface area contributed by atoms with Gasteiger partial charge in [0.25, 0.3) is 5.91 Å². The van der Waals surface area contributed by atoms with E-state index in [2.05, 4.69) is 32.8 Å². The minimum absolute atomic E-state index is 0.101. The summed E-state index contributed by atoms with van der Waals surface area (Å²) < 4.78 is 85.1. The van der Waals surface area contributed by atoms with Crippen LogP contribution >= 0.6 is 0 Å². The van der Waals surface area contributed by atoms with Gasteiger partial charge in [0.05, 0.1) is 82.4 Å². The van der Waals surface area contributed by atoms with Crippen molar-refractivity contribution in [2.24, 2.45) is 29.6 Å². The Kier molecular flexibility index (Phi) is 37.9. The molecule has 4 aromatic carbocycles. The van der Waals surface area contributed by atoms with Gasteiger partial charge in [-0.05, 0) is 122 Å². The van der Waals surface area contributed by atoms with E-state index in [1.54, 1.807) is 84.0 Å². The zero-order valence-corrected chi connectivity index (χ0v) is 70.4. The molecule has 5 amide bonds. The number of nitrogens with one attached hydrogen (secondary N) is 2. The number of aliphatic hydroxyl groups excluding tert-OH is 3. The molecule has 0 radical (unpaired) electrons. The number of carbonyl (C=O) groups excluding carboxylic acids is 8. The molecule has 5 aromatic rings. The summed E-state index contributed by atoms with van der Waals surface area (Å²) in [4.78, 5) is 138. The Morgan fingerprint density at radius 3 is 2.04 bits per heavy atom. The van der Waals surface area contributed by atoms with E-state index in [4.69, 9.17) is 46.3 Å². The summed E-state index contributed by atoms with van der Waals surface area (Å²) >= 11 is 0. The number of nitrogens with zero attached hydrogens (tertiary/aromatic N) is 6. The third kappa shape index (κ3) is 27.9. The van der Waals surface area contributed by atoms with Crippen LogP contribution in [0.4, 0.5) is 4.79 Å². The van der Waals surface area contributed by atoms with Crippen LogP contribution < -0.4 is 23.7 Å². The van der Waals surface area contributed by atoms with Gasteiger partial charge in [-0.25, -0.2) is 14.3 Å². The lowest BCUT2D eigenvalue weighted by Gasteiger charge is -2.41. The van der Waals surface area contributed by atoms with Crippen molar-refractivity contribution in [2.45, 2.75) is 194 Å². The number of Topliss-reactive ketones (excluding diaryl/α,β-unsaturated/α-hetero) is 3. The Morgan fingerprint density at radius 1 is 0.725 bits per heavy atom. The maximum absolute atomic E-state index is 14.9. The number of hydrogen-bond acceptors (Lipinski definition) is 27. The number of amides is 5. The summed E-state index contributed by atoms with van der Waals surface area (Å²) in [5.41, 5.74) is 2.29. The summed E-state index contributed by atoms with van der Waals surface area (Å²) in [6.07, 6.45) is -9.81. The molecule has 0 bridgehead atoms. The average molecular weight is 1700 g/mol. The largest absolute Gasteiger partial charge is 0.501 e. The van der Waals surface area contributed by atoms with Crippen LogP contribution in [0.5, 0.6) is 17.2 Å². The first-order valence-corrected chi connectivity index (χ1v) is 41.0. The van der Waals surface area contributed by atoms with Gasteiger partial charge in [-0.15, -0.1) is 13.5 Å². The number of carboxylic acids is 2. The Morgan fingerprint density at radius 2 is 1.40 bits per heavy atom. The SMILES string of the molecule is CC#CC(=O)c1ccc(C(=O)NCCOCCOCc2cn(CCOCCCC(=O)c3ccc(OC4O[C@H](C(=O)O)[C@@H](O)[C@H](O)[C@H]4O)c(OS(=O)(=O)Oc4ccc(COC(=O)N(C)[C@H](C(=O)N[C@H](C(=O)N(C)[C@@H](C(C)CC)[C@@H](CC(=O)N5CCC[C@H]5[C@H](OC)[C@@H](C)C(=O)CC(Cc5ccccc5)C(=O)O)OC)C(C)C)C(C)C)cc4)c3)nn2)cc1. The molecule has 0 saturated carbocycles. The molecule has 35 nitrogen and oxygen atoms in total. The molecule has 0 spiro atoms. The smallest absolute Gasteiger partial charge is 0.481 e. The quantitative estimate of drug-likeness (QED) is 0.0107. The zero-order chi connectivity index (χ0) is 88.1. The van der Waals surface area contributed by atoms with Gasteiger partial charge in [0, 0.05) is 83.5 Å². The van der Waals surface area contributed by atoms with E-state index in [0.717, 1.165) is 22.6 Å². The minimum Gasteiger partial charge on any atom is -0.481 e. The van der Waals surface area contributed by atoms with Crippen LogP contribution in [-0.4, -0.2) is 264 Å². The summed E-state index contributed by atoms with van der Waals surface area (Å²) in [5, 5.41) is 65.2. The Hall–Kier alpha value is -10.3. The van der Waals surface area contributed by atoms with Crippen molar-refractivity contribution in [3.8, 4) is 29.1 Å². The summed E-state index contributed by atoms with van der Waals surface area (Å²) in [6, 6.07) is 20.0. The van der Waals surface area contributed by atoms with Crippen molar-refractivity contribution >= 4 is 69.4 Å². The third-order valence-corrected chi connectivity index (χ3v) is 21.6. The van der Waals surface area contributed by atoms with Crippen molar-refractivity contribution in [1.29, 1.82) is 0 Å². The topological polar surface area (TPSA) is 463 Å². The molecule has 120 heavy (non-hydrogen) atoms. The van der Waals surface area contributed by atoms with Gasteiger partial charge < -0.3 is 92.2 Å². The van der Waals surface area contributed by atoms with E-state index in [0.29, 0.717) is 54.7 Å². The van der Waals surface area contributed by atoms with Gasteiger partial charge in [0.2, 0.25) is 29.8 Å². The van der Waals surface area contributed by atoms with Crippen LogP contribution in [0.25, 0.3) is 0 Å². The Labute approximate surface area is 698 Å². The van der Waals surface area contributed by atoms with Gasteiger partial charge in [0.1, 0.15) is 54.2 Å². The Bertz CT molecular complexity index is 4430. The molecule has 7 rings (SSSR count). The highest BCUT2D eigenvalue weighted by Crippen LogP contribution is 2.36. The fourth-order valence-electron chi connectivity index (χ4n) is 14.1. The van der Waals surface area contributed by atoms with E-state index in [9.17, 15) is 81.9 Å². The number of aromatic nitrogens is 3. The molecule has 36 heteroatoms. The van der Waals surface area contributed by atoms with Crippen LogP contribution in [0.15, 0.2) is 103 Å². The molecule has 2 aliphatic heterocycles. The zero-order valence-electron chi connectivity index (χ0n) is 69.6. The second-order valence-corrected chi connectivity index (χ2v) is 31.3. The monoisotopic (exact) mass is 1700 g/mol. The molecular weight excluding hydrogens is 1590 g/mol. The minimum atomic E-state index is -5.20. The highest BCUT2D eigenvalue weighted by Gasteiger charge is 2.49.